The van der Waals surface area contributed by atoms with Gasteiger partial charge in [0.25, 0.3) is 0 Å². The van der Waals surface area contributed by atoms with Gasteiger partial charge >= 0.3 is 12.1 Å². The van der Waals surface area contributed by atoms with Crippen LogP contribution in [0.1, 0.15) is 18.4 Å². The maximum atomic E-state index is 13.0. The van der Waals surface area contributed by atoms with Crippen LogP contribution in [0.4, 0.5) is 24.5 Å². The lowest BCUT2D eigenvalue weighted by molar-refractivity contribution is -0.192. The van der Waals surface area contributed by atoms with Crippen LogP contribution in [0.15, 0.2) is 60.9 Å². The van der Waals surface area contributed by atoms with E-state index in [0.717, 1.165) is 53.9 Å². The smallest absolute Gasteiger partial charge is 0.475 e. The van der Waals surface area contributed by atoms with Gasteiger partial charge in [0, 0.05) is 32.4 Å². The molecule has 1 atom stereocenters. The molecule has 1 fully saturated rings. The van der Waals surface area contributed by atoms with Gasteiger partial charge in [0.2, 0.25) is 5.91 Å². The summed E-state index contributed by atoms with van der Waals surface area (Å²) < 4.78 is 31.7. The lowest BCUT2D eigenvalue weighted by Crippen LogP contribution is -2.43. The van der Waals surface area contributed by atoms with Crippen molar-refractivity contribution in [1.29, 1.82) is 0 Å². The van der Waals surface area contributed by atoms with Crippen LogP contribution in [0.2, 0.25) is 0 Å². The third kappa shape index (κ3) is 6.22. The van der Waals surface area contributed by atoms with Crippen molar-refractivity contribution in [2.24, 2.45) is 0 Å². The fourth-order valence-electron chi connectivity index (χ4n) is 3.68. The number of hydrogen-bond acceptors (Lipinski definition) is 5. The molecule has 0 radical (unpaired) electrons. The van der Waals surface area contributed by atoms with Crippen LogP contribution in [-0.2, 0) is 9.59 Å². The van der Waals surface area contributed by atoms with Crippen molar-refractivity contribution in [3.05, 3.63) is 66.5 Å². The third-order valence-electron chi connectivity index (χ3n) is 5.44. The van der Waals surface area contributed by atoms with E-state index in [-0.39, 0.29) is 11.8 Å². The number of hydrogen-bond donors (Lipinski definition) is 3. The second-order valence-corrected chi connectivity index (χ2v) is 7.71. The molecule has 7 nitrogen and oxygen atoms in total. The molecule has 0 spiro atoms. The monoisotopic (exact) mass is 474 g/mol. The van der Waals surface area contributed by atoms with E-state index in [2.05, 4.69) is 38.7 Å². The Bertz CT molecular complexity index is 1140. The summed E-state index contributed by atoms with van der Waals surface area (Å²) >= 11 is 0. The van der Waals surface area contributed by atoms with Crippen molar-refractivity contribution in [2.45, 2.75) is 19.0 Å². The van der Waals surface area contributed by atoms with Gasteiger partial charge in [0.15, 0.2) is 0 Å². The topological polar surface area (TPSA) is 94.6 Å². The Hall–Kier alpha value is -3.66. The average Bonchev–Trinajstić information content (AvgIpc) is 2.84. The standard InChI is InChI=1S/C22H24N4O.C2HF3O2/c1-16(18-8-4-6-17-5-2-3-7-19(17)18)22(27)25-20-15-24-10-9-21(20)26-13-11-23-12-14-26;3-2(4,5)1(6)7/h2-10,15-16,23H,11-14H2,1H3,(H,25,27);(H,6,7). The molecule has 0 aliphatic carbocycles. The molecule has 3 N–H and O–H groups in total. The number of piperazine rings is 1. The summed E-state index contributed by atoms with van der Waals surface area (Å²) in [7, 11) is 0. The van der Waals surface area contributed by atoms with Gasteiger partial charge in [-0.05, 0) is 29.3 Å². The lowest BCUT2D eigenvalue weighted by Gasteiger charge is -2.31. The zero-order valence-electron chi connectivity index (χ0n) is 18.5. The Labute approximate surface area is 194 Å². The number of amides is 1. The average molecular weight is 474 g/mol. The molecule has 1 saturated heterocycles. The Balaban J connectivity index is 0.000000406. The molecule has 1 aromatic heterocycles. The fraction of sp³-hybridized carbons (Fsp3) is 0.292. The minimum atomic E-state index is -5.08. The number of anilines is 2. The summed E-state index contributed by atoms with van der Waals surface area (Å²) in [6, 6.07) is 16.3. The first-order valence-corrected chi connectivity index (χ1v) is 10.7. The first-order chi connectivity index (χ1) is 16.2. The molecule has 0 saturated carbocycles. The number of fused-ring (bicyclic) bond motifs is 1. The lowest BCUT2D eigenvalue weighted by atomic mass is 9.94. The van der Waals surface area contributed by atoms with Gasteiger partial charge in [0.1, 0.15) is 0 Å². The molecular weight excluding hydrogens is 449 g/mol. The molecule has 1 amide bonds. The van der Waals surface area contributed by atoms with Gasteiger partial charge < -0.3 is 20.6 Å². The molecule has 10 heteroatoms. The summed E-state index contributed by atoms with van der Waals surface area (Å²) in [5.74, 6) is -3.03. The van der Waals surface area contributed by atoms with Crippen molar-refractivity contribution in [3.8, 4) is 0 Å². The zero-order chi connectivity index (χ0) is 24.7. The number of carboxylic acids is 1. The maximum absolute atomic E-state index is 13.0. The van der Waals surface area contributed by atoms with E-state index in [4.69, 9.17) is 9.90 Å². The van der Waals surface area contributed by atoms with Gasteiger partial charge in [-0.2, -0.15) is 13.2 Å². The Morgan fingerprint density at radius 1 is 1.09 bits per heavy atom. The number of pyridine rings is 1. The van der Waals surface area contributed by atoms with E-state index in [9.17, 15) is 18.0 Å². The van der Waals surface area contributed by atoms with Crippen LogP contribution < -0.4 is 15.5 Å². The van der Waals surface area contributed by atoms with Gasteiger partial charge in [-0.1, -0.05) is 42.5 Å². The summed E-state index contributed by atoms with van der Waals surface area (Å²) in [6.45, 7) is 5.69. The highest BCUT2D eigenvalue weighted by molar-refractivity contribution is 6.01. The van der Waals surface area contributed by atoms with Crippen molar-refractivity contribution >= 4 is 34.0 Å². The highest BCUT2D eigenvalue weighted by atomic mass is 19.4. The minimum absolute atomic E-state index is 0.0178. The van der Waals surface area contributed by atoms with Crippen LogP contribution in [0.5, 0.6) is 0 Å². The number of nitrogens with one attached hydrogen (secondary N) is 2. The van der Waals surface area contributed by atoms with E-state index in [0.29, 0.717) is 0 Å². The molecule has 180 valence electrons. The minimum Gasteiger partial charge on any atom is -0.475 e. The molecule has 0 bridgehead atoms. The summed E-state index contributed by atoms with van der Waals surface area (Å²) in [5, 5.41) is 15.9. The predicted molar refractivity (Wildman–Crippen MR) is 124 cm³/mol. The van der Waals surface area contributed by atoms with E-state index >= 15 is 0 Å². The van der Waals surface area contributed by atoms with Crippen molar-refractivity contribution in [2.75, 3.05) is 36.4 Å². The summed E-state index contributed by atoms with van der Waals surface area (Å²) in [5.41, 5.74) is 2.85. The van der Waals surface area contributed by atoms with Crippen molar-refractivity contribution in [3.63, 3.8) is 0 Å². The van der Waals surface area contributed by atoms with E-state index in [1.807, 2.05) is 37.3 Å². The van der Waals surface area contributed by atoms with Crippen LogP contribution in [0.25, 0.3) is 10.8 Å². The number of aromatic nitrogens is 1. The number of carboxylic acid groups (broad SMARTS) is 1. The highest BCUT2D eigenvalue weighted by Gasteiger charge is 2.38. The number of aliphatic carboxylic acids is 1. The van der Waals surface area contributed by atoms with E-state index in [1.54, 1.807) is 12.4 Å². The second kappa shape index (κ2) is 11.0. The van der Waals surface area contributed by atoms with Crippen molar-refractivity contribution < 1.29 is 27.9 Å². The predicted octanol–water partition coefficient (Wildman–Crippen LogP) is 4.02. The van der Waals surface area contributed by atoms with Gasteiger partial charge in [-0.15, -0.1) is 0 Å². The Morgan fingerprint density at radius 2 is 1.74 bits per heavy atom. The number of benzene rings is 2. The molecule has 1 aliphatic rings. The summed E-state index contributed by atoms with van der Waals surface area (Å²) in [4.78, 5) is 28.4. The molecule has 34 heavy (non-hydrogen) atoms. The Kier molecular flexibility index (Phi) is 8.06. The Morgan fingerprint density at radius 3 is 2.41 bits per heavy atom. The molecular formula is C24H25F3N4O3. The van der Waals surface area contributed by atoms with E-state index in [1.165, 1.54) is 0 Å². The largest absolute Gasteiger partial charge is 0.490 e. The molecule has 1 aliphatic heterocycles. The number of rotatable bonds is 4. The number of nitrogens with zero attached hydrogens (tertiary/aromatic N) is 2. The van der Waals surface area contributed by atoms with E-state index < -0.39 is 12.1 Å². The molecule has 1 unspecified atom stereocenters. The van der Waals surface area contributed by atoms with Gasteiger partial charge in [0.05, 0.1) is 23.5 Å². The first-order valence-electron chi connectivity index (χ1n) is 10.7. The van der Waals surface area contributed by atoms with Crippen LogP contribution in [-0.4, -0.2) is 54.3 Å². The number of carbonyl (C=O) groups is 2. The van der Waals surface area contributed by atoms with Crippen LogP contribution in [0, 0.1) is 0 Å². The molecule has 4 rings (SSSR count). The SMILES string of the molecule is CC(C(=O)Nc1cnccc1N1CCNCC1)c1cccc2ccccc12.O=C(O)C(F)(F)F. The number of carbonyl (C=O) groups excluding carboxylic acids is 1. The van der Waals surface area contributed by atoms with Crippen LogP contribution >= 0.6 is 0 Å². The first kappa shape index (κ1) is 25.0. The fourth-order valence-corrected chi connectivity index (χ4v) is 3.68. The zero-order valence-corrected chi connectivity index (χ0v) is 18.5. The molecule has 3 aromatic rings. The number of halogens is 3. The number of alkyl halides is 3. The maximum Gasteiger partial charge on any atom is 0.490 e. The van der Waals surface area contributed by atoms with Gasteiger partial charge in [-0.3, -0.25) is 9.78 Å². The quantitative estimate of drug-likeness (QED) is 0.529. The normalized spacial score (nSPS) is 14.6. The third-order valence-corrected chi connectivity index (χ3v) is 5.44. The summed E-state index contributed by atoms with van der Waals surface area (Å²) in [6.07, 6.45) is -1.56. The highest BCUT2D eigenvalue weighted by Crippen LogP contribution is 2.29. The second-order valence-electron chi connectivity index (χ2n) is 7.71. The van der Waals surface area contributed by atoms with Gasteiger partial charge in [-0.25, -0.2) is 4.79 Å². The van der Waals surface area contributed by atoms with Crippen LogP contribution in [0.3, 0.4) is 0 Å². The van der Waals surface area contributed by atoms with Crippen molar-refractivity contribution in [1.82, 2.24) is 10.3 Å². The molecule has 2 aromatic carbocycles. The molecule has 2 heterocycles.